The van der Waals surface area contributed by atoms with Crippen LogP contribution in [0.2, 0.25) is 0 Å². The van der Waals surface area contributed by atoms with Crippen molar-refractivity contribution >= 4 is 0 Å². The lowest BCUT2D eigenvalue weighted by Crippen LogP contribution is -2.67. The maximum Gasteiger partial charge on any atom is 0.164 e. The molecule has 1 N–H and O–H groups in total. The molecule has 0 spiro atoms. The maximum atomic E-state index is 9.40. The summed E-state index contributed by atoms with van der Waals surface area (Å²) in [4.78, 5) is 0. The second kappa shape index (κ2) is 3.25. The van der Waals surface area contributed by atoms with Gasteiger partial charge in [0.25, 0.3) is 0 Å². The molecule has 1 aliphatic heterocycles. The van der Waals surface area contributed by atoms with Crippen LogP contribution in [-0.4, -0.2) is 29.2 Å². The van der Waals surface area contributed by atoms with E-state index in [1.807, 2.05) is 13.8 Å². The van der Waals surface area contributed by atoms with Crippen LogP contribution in [0.25, 0.3) is 0 Å². The summed E-state index contributed by atoms with van der Waals surface area (Å²) in [6.07, 6.45) is 3.22. The highest BCUT2D eigenvalue weighted by atomic mass is 16.8. The van der Waals surface area contributed by atoms with Gasteiger partial charge in [0.2, 0.25) is 0 Å². The summed E-state index contributed by atoms with van der Waals surface area (Å²) in [5.41, 5.74) is 0.103. The monoisotopic (exact) mass is 240 g/mol. The van der Waals surface area contributed by atoms with Crippen molar-refractivity contribution in [3.8, 4) is 0 Å². The van der Waals surface area contributed by atoms with E-state index in [-0.39, 0.29) is 18.3 Å². The first-order chi connectivity index (χ1) is 7.82. The van der Waals surface area contributed by atoms with E-state index in [2.05, 4.69) is 13.8 Å². The Morgan fingerprint density at radius 3 is 2.47 bits per heavy atom. The van der Waals surface area contributed by atoms with Crippen LogP contribution < -0.4 is 0 Å². The van der Waals surface area contributed by atoms with Crippen molar-refractivity contribution in [3.05, 3.63) is 0 Å². The van der Waals surface area contributed by atoms with Gasteiger partial charge in [0, 0.05) is 13.0 Å². The first-order valence-electron chi connectivity index (χ1n) is 6.81. The van der Waals surface area contributed by atoms with Gasteiger partial charge in [-0.15, -0.1) is 0 Å². The van der Waals surface area contributed by atoms with Crippen LogP contribution >= 0.6 is 0 Å². The molecular formula is C14H24O3. The van der Waals surface area contributed by atoms with Gasteiger partial charge in [0.05, 0.1) is 6.10 Å². The largest absolute Gasteiger partial charge is 0.396 e. The van der Waals surface area contributed by atoms with Crippen LogP contribution in [0, 0.1) is 17.3 Å². The molecule has 3 heteroatoms. The van der Waals surface area contributed by atoms with E-state index in [1.54, 1.807) is 0 Å². The Morgan fingerprint density at radius 1 is 1.18 bits per heavy atom. The fraction of sp³-hybridized carbons (Fsp3) is 1.00. The van der Waals surface area contributed by atoms with Crippen molar-refractivity contribution in [2.24, 2.45) is 17.3 Å². The molecule has 3 saturated carbocycles. The van der Waals surface area contributed by atoms with Crippen LogP contribution in [0.5, 0.6) is 0 Å². The second-order valence-electron chi connectivity index (χ2n) is 7.08. The third-order valence-electron chi connectivity index (χ3n) is 5.47. The molecule has 98 valence electrons. The number of aliphatic hydroxyl groups excluding tert-OH is 1. The molecule has 4 fully saturated rings. The molecule has 0 aromatic heterocycles. The SMILES string of the molecule is CC1(C)O[C@H]2C[C@H]3C[C@H](C3(C)C)[C@]2(CCO)O1. The van der Waals surface area contributed by atoms with Gasteiger partial charge >= 0.3 is 0 Å². The number of ether oxygens (including phenoxy) is 2. The van der Waals surface area contributed by atoms with Crippen LogP contribution in [0.15, 0.2) is 0 Å². The summed E-state index contributed by atoms with van der Waals surface area (Å²) < 4.78 is 12.4. The quantitative estimate of drug-likeness (QED) is 0.805. The zero-order valence-electron chi connectivity index (χ0n) is 11.3. The van der Waals surface area contributed by atoms with Crippen molar-refractivity contribution in [2.45, 2.75) is 64.4 Å². The molecule has 1 saturated heterocycles. The number of aliphatic hydroxyl groups is 1. The van der Waals surface area contributed by atoms with E-state index in [9.17, 15) is 5.11 Å². The molecule has 3 aliphatic carbocycles. The number of hydrogen-bond acceptors (Lipinski definition) is 3. The molecule has 0 aromatic rings. The normalized spacial score (nSPS) is 49.6. The van der Waals surface area contributed by atoms with Gasteiger partial charge in [-0.2, -0.15) is 0 Å². The molecule has 3 nitrogen and oxygen atoms in total. The average Bonchev–Trinajstić information content (AvgIpc) is 2.47. The van der Waals surface area contributed by atoms with E-state index in [4.69, 9.17) is 9.47 Å². The second-order valence-corrected chi connectivity index (χ2v) is 7.08. The van der Waals surface area contributed by atoms with Crippen LogP contribution in [-0.2, 0) is 9.47 Å². The molecule has 4 atom stereocenters. The molecular weight excluding hydrogens is 216 g/mol. The van der Waals surface area contributed by atoms with Crippen molar-refractivity contribution in [1.82, 2.24) is 0 Å². The topological polar surface area (TPSA) is 38.7 Å². The van der Waals surface area contributed by atoms with Gasteiger partial charge in [-0.25, -0.2) is 0 Å². The van der Waals surface area contributed by atoms with E-state index in [0.717, 1.165) is 12.3 Å². The fourth-order valence-electron chi connectivity index (χ4n) is 4.60. The molecule has 4 rings (SSSR count). The average molecular weight is 240 g/mol. The lowest BCUT2D eigenvalue weighted by atomic mass is 9.43. The summed E-state index contributed by atoms with van der Waals surface area (Å²) in [5, 5.41) is 9.40. The van der Waals surface area contributed by atoms with Gasteiger partial charge in [-0.05, 0) is 43.9 Å². The smallest absolute Gasteiger partial charge is 0.164 e. The van der Waals surface area contributed by atoms with Crippen LogP contribution in [0.4, 0.5) is 0 Å². The molecule has 2 bridgehead atoms. The molecule has 0 unspecified atom stereocenters. The Bertz CT molecular complexity index is 336. The summed E-state index contributed by atoms with van der Waals surface area (Å²) >= 11 is 0. The summed E-state index contributed by atoms with van der Waals surface area (Å²) in [6, 6.07) is 0. The fourth-order valence-corrected chi connectivity index (χ4v) is 4.60. The van der Waals surface area contributed by atoms with Crippen molar-refractivity contribution in [3.63, 3.8) is 0 Å². The van der Waals surface area contributed by atoms with Crippen LogP contribution in [0.3, 0.4) is 0 Å². The number of rotatable bonds is 2. The third-order valence-corrected chi connectivity index (χ3v) is 5.47. The molecule has 0 amide bonds. The van der Waals surface area contributed by atoms with Crippen molar-refractivity contribution in [1.29, 1.82) is 0 Å². The minimum atomic E-state index is -0.493. The Kier molecular flexibility index (Phi) is 2.28. The zero-order valence-corrected chi connectivity index (χ0v) is 11.3. The maximum absolute atomic E-state index is 9.40. The standard InChI is InChI=1S/C14H24O3/c1-12(2)9-7-10(12)14(5-6-15)11(8-9)16-13(3,4)17-14/h9-11,15H,5-8H2,1-4H3/t9-,10-,11+,14+/m1/s1. The van der Waals surface area contributed by atoms with Gasteiger partial charge in [-0.3, -0.25) is 0 Å². The van der Waals surface area contributed by atoms with Crippen molar-refractivity contribution < 1.29 is 14.6 Å². The van der Waals surface area contributed by atoms with E-state index in [1.165, 1.54) is 6.42 Å². The van der Waals surface area contributed by atoms with Gasteiger partial charge in [0.15, 0.2) is 5.79 Å². The van der Waals surface area contributed by atoms with E-state index in [0.29, 0.717) is 17.8 Å². The summed E-state index contributed by atoms with van der Waals surface area (Å²) in [5.74, 6) is 0.808. The van der Waals surface area contributed by atoms with Gasteiger partial charge < -0.3 is 14.6 Å². The zero-order chi connectivity index (χ0) is 12.5. The highest BCUT2D eigenvalue weighted by Crippen LogP contribution is 2.67. The summed E-state index contributed by atoms with van der Waals surface area (Å²) in [6.45, 7) is 8.86. The molecule has 0 aromatic carbocycles. The van der Waals surface area contributed by atoms with Crippen LogP contribution in [0.1, 0.15) is 47.0 Å². The Morgan fingerprint density at radius 2 is 1.88 bits per heavy atom. The summed E-state index contributed by atoms with van der Waals surface area (Å²) in [7, 11) is 0. The van der Waals surface area contributed by atoms with Gasteiger partial charge in [-0.1, -0.05) is 13.8 Å². The highest BCUT2D eigenvalue weighted by Gasteiger charge is 2.70. The minimum Gasteiger partial charge on any atom is -0.396 e. The number of hydrogen-bond donors (Lipinski definition) is 1. The predicted octanol–water partition coefficient (Wildman–Crippen LogP) is 2.33. The molecule has 0 radical (unpaired) electrons. The Hall–Kier alpha value is -0.120. The Balaban J connectivity index is 1.96. The minimum absolute atomic E-state index is 0.182. The molecule has 1 heterocycles. The highest BCUT2D eigenvalue weighted by molar-refractivity contribution is 5.17. The van der Waals surface area contributed by atoms with E-state index < -0.39 is 5.79 Å². The lowest BCUT2D eigenvalue weighted by Gasteiger charge is -2.64. The Labute approximate surface area is 103 Å². The third kappa shape index (κ3) is 1.39. The first kappa shape index (κ1) is 11.9. The lowest BCUT2D eigenvalue weighted by molar-refractivity contribution is -0.234. The van der Waals surface area contributed by atoms with Gasteiger partial charge in [0.1, 0.15) is 5.60 Å². The molecule has 4 aliphatic rings. The molecule has 17 heavy (non-hydrogen) atoms. The predicted molar refractivity (Wildman–Crippen MR) is 64.5 cm³/mol. The van der Waals surface area contributed by atoms with E-state index >= 15 is 0 Å². The first-order valence-corrected chi connectivity index (χ1v) is 6.81. The van der Waals surface area contributed by atoms with Crippen molar-refractivity contribution in [2.75, 3.05) is 6.61 Å².